The summed E-state index contributed by atoms with van der Waals surface area (Å²) in [6.07, 6.45) is -0.0997. The third-order valence-corrected chi connectivity index (χ3v) is 5.44. The Morgan fingerprint density at radius 2 is 2.00 bits per heavy atom. The molecule has 1 saturated heterocycles. The lowest BCUT2D eigenvalue weighted by Gasteiger charge is -2.25. The number of ether oxygens (including phenoxy) is 3. The van der Waals surface area contributed by atoms with Crippen LogP contribution in [-0.2, 0) is 4.74 Å². The topological polar surface area (TPSA) is 121 Å². The smallest absolute Gasteiger partial charge is 0.321 e. The van der Waals surface area contributed by atoms with Crippen LogP contribution >= 0.6 is 11.6 Å². The second-order valence-corrected chi connectivity index (χ2v) is 8.04. The number of carbonyl (C=O) groups excluding carboxylic acids is 1. The Kier molecular flexibility index (Phi) is 4.63. The van der Waals surface area contributed by atoms with E-state index in [1.165, 1.54) is 6.07 Å². The number of aliphatic imine (C=N–C) groups is 1. The van der Waals surface area contributed by atoms with Gasteiger partial charge < -0.3 is 23.9 Å². The van der Waals surface area contributed by atoms with Crippen molar-refractivity contribution in [2.75, 3.05) is 25.1 Å². The molecule has 1 amide bonds. The molecular formula is C22H16ClN5O5. The largest absolute Gasteiger partial charge is 0.455 e. The molecule has 0 spiro atoms. The Labute approximate surface area is 191 Å². The SMILES string of the molecule is CC1=NC(=O)c2oc3ccc4nc(Oc5cc(Cl)nc(OC6COC6)n5)ccc4c3c2NC1. The number of carbonyl (C=O) groups is 1. The van der Waals surface area contributed by atoms with Crippen LogP contribution in [0.4, 0.5) is 5.69 Å². The van der Waals surface area contributed by atoms with Gasteiger partial charge in [-0.15, -0.1) is 0 Å². The van der Waals surface area contributed by atoms with Crippen LogP contribution in [-0.4, -0.2) is 52.4 Å². The maximum absolute atomic E-state index is 12.4. The van der Waals surface area contributed by atoms with Gasteiger partial charge in [-0.1, -0.05) is 11.6 Å². The third kappa shape index (κ3) is 3.62. The number of nitrogens with one attached hydrogen (secondary N) is 1. The number of furan rings is 1. The number of amides is 1. The molecular weight excluding hydrogens is 450 g/mol. The van der Waals surface area contributed by atoms with E-state index in [2.05, 4.69) is 25.3 Å². The van der Waals surface area contributed by atoms with Crippen LogP contribution in [0.2, 0.25) is 5.15 Å². The highest BCUT2D eigenvalue weighted by Crippen LogP contribution is 2.38. The average Bonchev–Trinajstić information content (AvgIpc) is 3.07. The molecule has 2 aliphatic rings. The van der Waals surface area contributed by atoms with E-state index >= 15 is 0 Å². The molecule has 4 aromatic rings. The number of anilines is 1. The predicted octanol–water partition coefficient (Wildman–Crippen LogP) is 4.02. The molecule has 6 rings (SSSR count). The van der Waals surface area contributed by atoms with E-state index in [1.54, 1.807) is 25.1 Å². The molecule has 0 bridgehead atoms. The van der Waals surface area contributed by atoms with Gasteiger partial charge in [0.1, 0.15) is 16.8 Å². The Morgan fingerprint density at radius 1 is 1.12 bits per heavy atom. The van der Waals surface area contributed by atoms with E-state index in [9.17, 15) is 4.79 Å². The van der Waals surface area contributed by atoms with Crippen molar-refractivity contribution in [2.45, 2.75) is 13.0 Å². The van der Waals surface area contributed by atoms with Crippen molar-refractivity contribution < 1.29 is 23.4 Å². The first kappa shape index (κ1) is 19.9. The zero-order chi connectivity index (χ0) is 22.5. The second kappa shape index (κ2) is 7.68. The molecule has 1 N–H and O–H groups in total. The van der Waals surface area contributed by atoms with Gasteiger partial charge in [0.15, 0.2) is 0 Å². The van der Waals surface area contributed by atoms with Crippen molar-refractivity contribution in [3.05, 3.63) is 41.2 Å². The maximum Gasteiger partial charge on any atom is 0.321 e. The summed E-state index contributed by atoms with van der Waals surface area (Å²) in [7, 11) is 0. The Morgan fingerprint density at radius 3 is 2.82 bits per heavy atom. The van der Waals surface area contributed by atoms with E-state index in [0.29, 0.717) is 48.1 Å². The third-order valence-electron chi connectivity index (χ3n) is 5.24. The lowest BCUT2D eigenvalue weighted by molar-refractivity contribution is -0.0832. The lowest BCUT2D eigenvalue weighted by Crippen LogP contribution is -2.39. The van der Waals surface area contributed by atoms with Gasteiger partial charge in [-0.05, 0) is 25.1 Å². The molecule has 1 fully saturated rings. The minimum atomic E-state index is -0.406. The van der Waals surface area contributed by atoms with E-state index in [0.717, 1.165) is 10.8 Å². The fourth-order valence-corrected chi connectivity index (χ4v) is 3.82. The van der Waals surface area contributed by atoms with Crippen molar-refractivity contribution in [2.24, 2.45) is 4.99 Å². The highest BCUT2D eigenvalue weighted by Gasteiger charge is 2.25. The summed E-state index contributed by atoms with van der Waals surface area (Å²) in [5.41, 5.74) is 2.53. The van der Waals surface area contributed by atoms with Crippen LogP contribution < -0.4 is 14.8 Å². The summed E-state index contributed by atoms with van der Waals surface area (Å²) in [5, 5.41) is 5.01. The number of hydrogen-bond acceptors (Lipinski definition) is 9. The number of pyridine rings is 1. The molecule has 0 radical (unpaired) electrons. The average molecular weight is 466 g/mol. The molecule has 0 aliphatic carbocycles. The van der Waals surface area contributed by atoms with Crippen LogP contribution in [0.5, 0.6) is 17.8 Å². The highest BCUT2D eigenvalue weighted by molar-refractivity contribution is 6.29. The minimum Gasteiger partial charge on any atom is -0.455 e. The van der Waals surface area contributed by atoms with Gasteiger partial charge in [-0.3, -0.25) is 4.79 Å². The van der Waals surface area contributed by atoms with Gasteiger partial charge in [0.25, 0.3) is 0 Å². The molecule has 33 heavy (non-hydrogen) atoms. The number of rotatable bonds is 4. The number of fused-ring (bicyclic) bond motifs is 5. The quantitative estimate of drug-likeness (QED) is 0.445. The van der Waals surface area contributed by atoms with Crippen molar-refractivity contribution in [3.8, 4) is 17.8 Å². The summed E-state index contributed by atoms with van der Waals surface area (Å²) < 4.78 is 22.3. The number of hydrogen-bond donors (Lipinski definition) is 1. The summed E-state index contributed by atoms with van der Waals surface area (Å²) in [6, 6.07) is 8.72. The first-order chi connectivity index (χ1) is 16.0. The zero-order valence-corrected chi connectivity index (χ0v) is 18.0. The molecule has 0 unspecified atom stereocenters. The Bertz CT molecular complexity index is 1460. The molecule has 10 nitrogen and oxygen atoms in total. The number of benzene rings is 1. The number of halogens is 1. The molecule has 2 aliphatic heterocycles. The van der Waals surface area contributed by atoms with Crippen molar-refractivity contribution >= 4 is 50.8 Å². The van der Waals surface area contributed by atoms with Gasteiger partial charge in [-0.25, -0.2) is 9.98 Å². The van der Waals surface area contributed by atoms with Gasteiger partial charge in [0, 0.05) is 23.2 Å². The summed E-state index contributed by atoms with van der Waals surface area (Å²) in [5.74, 6) is 0.300. The van der Waals surface area contributed by atoms with E-state index in [4.69, 9.17) is 30.2 Å². The normalized spacial score (nSPS) is 16.1. The molecule has 0 atom stereocenters. The molecule has 3 aromatic heterocycles. The molecule has 0 saturated carbocycles. The lowest BCUT2D eigenvalue weighted by atomic mass is 10.1. The van der Waals surface area contributed by atoms with Gasteiger partial charge >= 0.3 is 11.9 Å². The Balaban J connectivity index is 1.35. The van der Waals surface area contributed by atoms with Gasteiger partial charge in [0.05, 0.1) is 36.3 Å². The van der Waals surface area contributed by atoms with Crippen molar-refractivity contribution in [1.82, 2.24) is 15.0 Å². The summed E-state index contributed by atoms with van der Waals surface area (Å²) in [6.45, 7) is 3.20. The summed E-state index contributed by atoms with van der Waals surface area (Å²) >= 11 is 6.09. The molecule has 166 valence electrons. The molecule has 5 heterocycles. The number of aromatic nitrogens is 3. The molecule has 1 aromatic carbocycles. The standard InChI is InChI=1S/C22H16ClN5O5/c1-10-7-24-19-18-12-2-5-16(26-13(12)3-4-14(18)32-20(19)21(29)25-10)33-17-6-15(23)27-22(28-17)31-11-8-30-9-11/h2-6,11,24H,7-9H2,1H3. The highest BCUT2D eigenvalue weighted by atomic mass is 35.5. The van der Waals surface area contributed by atoms with Gasteiger partial charge in [0.2, 0.25) is 17.5 Å². The number of nitrogens with zero attached hydrogens (tertiary/aromatic N) is 4. The van der Waals surface area contributed by atoms with Crippen LogP contribution in [0.3, 0.4) is 0 Å². The van der Waals surface area contributed by atoms with E-state index < -0.39 is 5.91 Å². The van der Waals surface area contributed by atoms with Crippen LogP contribution in [0.25, 0.3) is 21.9 Å². The predicted molar refractivity (Wildman–Crippen MR) is 120 cm³/mol. The minimum absolute atomic E-state index is 0.0997. The van der Waals surface area contributed by atoms with Crippen molar-refractivity contribution in [3.63, 3.8) is 0 Å². The van der Waals surface area contributed by atoms with Crippen LogP contribution in [0, 0.1) is 0 Å². The zero-order valence-electron chi connectivity index (χ0n) is 17.3. The van der Waals surface area contributed by atoms with E-state index in [-0.39, 0.29) is 28.9 Å². The van der Waals surface area contributed by atoms with Crippen molar-refractivity contribution in [1.29, 1.82) is 0 Å². The van der Waals surface area contributed by atoms with Gasteiger partial charge in [-0.2, -0.15) is 9.97 Å². The maximum atomic E-state index is 12.4. The van der Waals surface area contributed by atoms with Crippen LogP contribution in [0.15, 0.2) is 39.7 Å². The second-order valence-electron chi connectivity index (χ2n) is 7.66. The Hall–Kier alpha value is -3.76. The first-order valence-corrected chi connectivity index (χ1v) is 10.6. The first-order valence-electron chi connectivity index (χ1n) is 10.2. The molecule has 11 heteroatoms. The fraction of sp³-hybridized carbons (Fsp3) is 0.227. The van der Waals surface area contributed by atoms with Crippen LogP contribution in [0.1, 0.15) is 17.5 Å². The monoisotopic (exact) mass is 465 g/mol. The summed E-state index contributed by atoms with van der Waals surface area (Å²) in [4.78, 5) is 29.4. The fourth-order valence-electron chi connectivity index (χ4n) is 3.66. The van der Waals surface area contributed by atoms with E-state index in [1.807, 2.05) is 6.07 Å².